The van der Waals surface area contributed by atoms with Gasteiger partial charge in [-0.25, -0.2) is 0 Å². The summed E-state index contributed by atoms with van der Waals surface area (Å²) in [5.41, 5.74) is 0. The second kappa shape index (κ2) is 8.97. The van der Waals surface area contributed by atoms with Gasteiger partial charge in [0.25, 0.3) is 6.48 Å². The number of hydrogen-bond donors (Lipinski definition) is 0. The molecule has 3 heteroatoms. The molecule has 0 heterocycles. The van der Waals surface area contributed by atoms with E-state index >= 15 is 0 Å². The van der Waals surface area contributed by atoms with Crippen LogP contribution in [0.1, 0.15) is 33.6 Å². The Morgan fingerprint density at radius 1 is 0.917 bits per heavy atom. The Morgan fingerprint density at radius 3 is 1.92 bits per heavy atom. The molecule has 0 radical (unpaired) electrons. The van der Waals surface area contributed by atoms with Crippen LogP contribution in [0.2, 0.25) is 0 Å². The third-order valence-corrected chi connectivity index (χ3v) is 1.36. The maximum absolute atomic E-state index is 5.32. The fourth-order valence-electron chi connectivity index (χ4n) is 0.740. The molecule has 0 amide bonds. The van der Waals surface area contributed by atoms with E-state index in [9.17, 15) is 0 Å². The molecule has 0 aromatic rings. The van der Waals surface area contributed by atoms with Crippen LogP contribution in [-0.2, 0) is 14.2 Å². The Labute approximate surface area is 75.0 Å². The van der Waals surface area contributed by atoms with Crippen LogP contribution in [-0.4, -0.2) is 26.3 Å². The lowest BCUT2D eigenvalue weighted by Gasteiger charge is -2.16. The second-order valence-corrected chi connectivity index (χ2v) is 2.42. The predicted octanol–water partition coefficient (Wildman–Crippen LogP) is 2.16. The third kappa shape index (κ3) is 6.58. The smallest absolute Gasteiger partial charge is 0.271 e. The first-order chi connectivity index (χ1) is 5.85. The quantitative estimate of drug-likeness (QED) is 0.419. The molecule has 0 N–H and O–H groups in total. The molecular weight excluding hydrogens is 156 g/mol. The zero-order valence-electron chi connectivity index (χ0n) is 8.34. The molecular formula is C9H20O3. The van der Waals surface area contributed by atoms with Gasteiger partial charge in [-0.3, -0.25) is 0 Å². The molecule has 0 fully saturated rings. The zero-order valence-corrected chi connectivity index (χ0v) is 8.34. The number of hydrogen-bond acceptors (Lipinski definition) is 3. The summed E-state index contributed by atoms with van der Waals surface area (Å²) in [4.78, 5) is 0. The highest BCUT2D eigenvalue weighted by atomic mass is 16.8. The zero-order chi connectivity index (χ0) is 9.23. The number of rotatable bonds is 8. The summed E-state index contributed by atoms with van der Waals surface area (Å²) in [6, 6.07) is 0. The van der Waals surface area contributed by atoms with Gasteiger partial charge in [-0.2, -0.15) is 0 Å². The maximum atomic E-state index is 5.32. The van der Waals surface area contributed by atoms with Gasteiger partial charge in [0.2, 0.25) is 0 Å². The van der Waals surface area contributed by atoms with Gasteiger partial charge in [0.15, 0.2) is 0 Å². The second-order valence-electron chi connectivity index (χ2n) is 2.42. The summed E-state index contributed by atoms with van der Waals surface area (Å²) >= 11 is 0. The summed E-state index contributed by atoms with van der Waals surface area (Å²) in [6.45, 7) is 7.46. The summed E-state index contributed by atoms with van der Waals surface area (Å²) in [5, 5.41) is 0. The van der Waals surface area contributed by atoms with E-state index in [0.29, 0.717) is 19.8 Å². The molecule has 0 aromatic heterocycles. The maximum Gasteiger partial charge on any atom is 0.271 e. The molecule has 0 aliphatic heterocycles. The molecule has 0 rings (SSSR count). The largest absolute Gasteiger partial charge is 0.330 e. The standard InChI is InChI=1S/C9H20O3/c1-4-7-8-12-9(10-5-2)11-6-3/h9H,4-8H2,1-3H3. The SMILES string of the molecule is CCCCOC(OCC)OCC. The average Bonchev–Trinajstić information content (AvgIpc) is 2.06. The molecule has 0 atom stereocenters. The highest BCUT2D eigenvalue weighted by Crippen LogP contribution is 1.99. The van der Waals surface area contributed by atoms with Gasteiger partial charge in [-0.15, -0.1) is 0 Å². The predicted molar refractivity (Wildman–Crippen MR) is 47.9 cm³/mol. The van der Waals surface area contributed by atoms with Crippen molar-refractivity contribution in [3.63, 3.8) is 0 Å². The van der Waals surface area contributed by atoms with Crippen molar-refractivity contribution in [2.75, 3.05) is 19.8 Å². The van der Waals surface area contributed by atoms with Crippen LogP contribution in [0, 0.1) is 0 Å². The van der Waals surface area contributed by atoms with Crippen molar-refractivity contribution in [3.05, 3.63) is 0 Å². The Bertz CT molecular complexity index is 79.8. The molecule has 0 spiro atoms. The molecule has 0 bridgehead atoms. The van der Waals surface area contributed by atoms with Crippen molar-refractivity contribution in [2.24, 2.45) is 0 Å². The first kappa shape index (κ1) is 11.9. The lowest BCUT2D eigenvalue weighted by molar-refractivity contribution is -0.284. The van der Waals surface area contributed by atoms with Crippen LogP contribution in [0.25, 0.3) is 0 Å². The van der Waals surface area contributed by atoms with Crippen molar-refractivity contribution in [1.29, 1.82) is 0 Å². The molecule has 74 valence electrons. The molecule has 0 aliphatic rings. The van der Waals surface area contributed by atoms with E-state index < -0.39 is 6.48 Å². The van der Waals surface area contributed by atoms with Gasteiger partial charge in [0.1, 0.15) is 0 Å². The van der Waals surface area contributed by atoms with E-state index in [4.69, 9.17) is 14.2 Å². The van der Waals surface area contributed by atoms with Gasteiger partial charge in [0.05, 0.1) is 6.61 Å². The third-order valence-electron chi connectivity index (χ3n) is 1.36. The van der Waals surface area contributed by atoms with Gasteiger partial charge in [-0.1, -0.05) is 13.3 Å². The number of ether oxygens (including phenoxy) is 3. The monoisotopic (exact) mass is 176 g/mol. The van der Waals surface area contributed by atoms with Crippen LogP contribution in [0.4, 0.5) is 0 Å². The summed E-state index contributed by atoms with van der Waals surface area (Å²) < 4.78 is 15.7. The Hall–Kier alpha value is -0.120. The van der Waals surface area contributed by atoms with Crippen molar-refractivity contribution in [1.82, 2.24) is 0 Å². The van der Waals surface area contributed by atoms with Crippen molar-refractivity contribution < 1.29 is 14.2 Å². The van der Waals surface area contributed by atoms with E-state index in [1.807, 2.05) is 13.8 Å². The summed E-state index contributed by atoms with van der Waals surface area (Å²) in [7, 11) is 0. The normalized spacial score (nSPS) is 11.0. The molecule has 12 heavy (non-hydrogen) atoms. The van der Waals surface area contributed by atoms with E-state index in [1.165, 1.54) is 0 Å². The van der Waals surface area contributed by atoms with Crippen molar-refractivity contribution in [3.8, 4) is 0 Å². The summed E-state index contributed by atoms with van der Waals surface area (Å²) in [5.74, 6) is 0. The fourth-order valence-corrected chi connectivity index (χ4v) is 0.740. The van der Waals surface area contributed by atoms with Gasteiger partial charge in [-0.05, 0) is 20.3 Å². The highest BCUT2D eigenvalue weighted by molar-refractivity contribution is 4.32. The minimum Gasteiger partial charge on any atom is -0.330 e. The minimum absolute atomic E-state index is 0.466. The van der Waals surface area contributed by atoms with Gasteiger partial charge in [0, 0.05) is 13.2 Å². The van der Waals surface area contributed by atoms with Crippen LogP contribution >= 0.6 is 0 Å². The van der Waals surface area contributed by atoms with Crippen LogP contribution in [0.3, 0.4) is 0 Å². The number of unbranched alkanes of at least 4 members (excludes halogenated alkanes) is 1. The fraction of sp³-hybridized carbons (Fsp3) is 1.00. The lowest BCUT2D eigenvalue weighted by atomic mass is 10.4. The van der Waals surface area contributed by atoms with Crippen LogP contribution in [0.5, 0.6) is 0 Å². The minimum atomic E-state index is -0.466. The molecule has 0 saturated heterocycles. The summed E-state index contributed by atoms with van der Waals surface area (Å²) in [6.07, 6.45) is 2.18. The molecule has 0 saturated carbocycles. The van der Waals surface area contributed by atoms with E-state index in [-0.39, 0.29) is 0 Å². The highest BCUT2D eigenvalue weighted by Gasteiger charge is 2.06. The van der Waals surface area contributed by atoms with E-state index in [2.05, 4.69) is 6.92 Å². The first-order valence-corrected chi connectivity index (χ1v) is 4.69. The van der Waals surface area contributed by atoms with E-state index in [1.54, 1.807) is 0 Å². The molecule has 0 aliphatic carbocycles. The van der Waals surface area contributed by atoms with Crippen LogP contribution in [0.15, 0.2) is 0 Å². The molecule has 0 unspecified atom stereocenters. The average molecular weight is 176 g/mol. The lowest BCUT2D eigenvalue weighted by Crippen LogP contribution is -2.21. The van der Waals surface area contributed by atoms with Gasteiger partial charge >= 0.3 is 0 Å². The topological polar surface area (TPSA) is 27.7 Å². The van der Waals surface area contributed by atoms with Gasteiger partial charge < -0.3 is 14.2 Å². The Morgan fingerprint density at radius 2 is 1.50 bits per heavy atom. The van der Waals surface area contributed by atoms with Crippen LogP contribution < -0.4 is 0 Å². The first-order valence-electron chi connectivity index (χ1n) is 4.69. The van der Waals surface area contributed by atoms with Crippen molar-refractivity contribution in [2.45, 2.75) is 40.1 Å². The molecule has 3 nitrogen and oxygen atoms in total. The van der Waals surface area contributed by atoms with Crippen molar-refractivity contribution >= 4 is 0 Å². The Balaban J connectivity index is 3.34. The Kier molecular flexibility index (Phi) is 8.88. The molecule has 0 aromatic carbocycles. The van der Waals surface area contributed by atoms with E-state index in [0.717, 1.165) is 12.8 Å².